The maximum atomic E-state index is 13.5. The first kappa shape index (κ1) is 28.4. The number of fused-ring (bicyclic) bond motifs is 3. The Balaban J connectivity index is 1.58. The van der Waals surface area contributed by atoms with Gasteiger partial charge in [0.15, 0.2) is 5.65 Å². The summed E-state index contributed by atoms with van der Waals surface area (Å²) in [4.78, 5) is 33.4. The van der Waals surface area contributed by atoms with Crippen LogP contribution in [0.15, 0.2) is 11.0 Å². The van der Waals surface area contributed by atoms with E-state index in [1.165, 1.54) is 0 Å². The molecule has 2 aromatic heterocycles. The SMILES string of the molecule is Cn1c(N2C3CCC2CC(C)(NC(=O)OC(C)(C)C)C3)nc2c(c(I)cn2COCC[Si](C)(C)C)c1=O. The van der Waals surface area contributed by atoms with E-state index >= 15 is 0 Å². The van der Waals surface area contributed by atoms with E-state index < -0.39 is 13.7 Å². The molecule has 2 unspecified atom stereocenters. The highest BCUT2D eigenvalue weighted by atomic mass is 127. The number of hydrogen-bond acceptors (Lipinski definition) is 6. The lowest BCUT2D eigenvalue weighted by molar-refractivity contribution is 0.0437. The lowest BCUT2D eigenvalue weighted by atomic mass is 9.84. The molecule has 2 atom stereocenters. The third-order valence-corrected chi connectivity index (χ3v) is 9.80. The van der Waals surface area contributed by atoms with Crippen molar-refractivity contribution in [2.45, 2.75) is 109 Å². The number of anilines is 1. The van der Waals surface area contributed by atoms with Crippen molar-refractivity contribution in [2.24, 2.45) is 7.05 Å². The minimum atomic E-state index is -1.18. The zero-order valence-corrected chi connectivity index (χ0v) is 26.6. The van der Waals surface area contributed by atoms with E-state index in [2.05, 4.69) is 59.4 Å². The second-order valence-corrected chi connectivity index (χ2v) is 19.9. The molecular formula is C26H42IN5O4Si. The van der Waals surface area contributed by atoms with Gasteiger partial charge in [0.2, 0.25) is 5.95 Å². The van der Waals surface area contributed by atoms with Gasteiger partial charge in [-0.3, -0.25) is 9.36 Å². The lowest BCUT2D eigenvalue weighted by Crippen LogP contribution is -2.59. The summed E-state index contributed by atoms with van der Waals surface area (Å²) in [6.45, 7) is 15.8. The van der Waals surface area contributed by atoms with Gasteiger partial charge < -0.3 is 24.3 Å². The van der Waals surface area contributed by atoms with Crippen LogP contribution in [-0.4, -0.2) is 58.1 Å². The number of ether oxygens (including phenoxy) is 2. The summed E-state index contributed by atoms with van der Waals surface area (Å²) in [5.74, 6) is 0.696. The highest BCUT2D eigenvalue weighted by Gasteiger charge is 2.48. The van der Waals surface area contributed by atoms with Crippen LogP contribution in [0.1, 0.15) is 53.4 Å². The fourth-order valence-electron chi connectivity index (χ4n) is 5.59. The largest absolute Gasteiger partial charge is 0.444 e. The number of rotatable bonds is 7. The first-order valence-electron chi connectivity index (χ1n) is 13.2. The number of nitrogens with one attached hydrogen (secondary N) is 1. The van der Waals surface area contributed by atoms with E-state index in [9.17, 15) is 9.59 Å². The van der Waals surface area contributed by atoms with Crippen molar-refractivity contribution < 1.29 is 14.3 Å². The summed E-state index contributed by atoms with van der Waals surface area (Å²) in [5, 5.41) is 3.78. The number of alkyl carbamates (subject to hydrolysis) is 1. The Bertz CT molecular complexity index is 1210. The van der Waals surface area contributed by atoms with Crippen LogP contribution in [0.2, 0.25) is 25.7 Å². The van der Waals surface area contributed by atoms with Crippen molar-refractivity contribution in [3.05, 3.63) is 20.1 Å². The van der Waals surface area contributed by atoms with Crippen molar-refractivity contribution in [3.8, 4) is 0 Å². The highest BCUT2D eigenvalue weighted by molar-refractivity contribution is 14.1. The fourth-order valence-corrected chi connectivity index (χ4v) is 7.16. The topological polar surface area (TPSA) is 90.6 Å². The summed E-state index contributed by atoms with van der Waals surface area (Å²) >= 11 is 2.22. The summed E-state index contributed by atoms with van der Waals surface area (Å²) in [7, 11) is 0.634. The lowest BCUT2D eigenvalue weighted by Gasteiger charge is -2.45. The number of piperidine rings is 1. The van der Waals surface area contributed by atoms with Crippen molar-refractivity contribution >= 4 is 53.7 Å². The normalized spacial score (nSPS) is 24.1. The number of nitrogens with zero attached hydrogens (tertiary/aromatic N) is 4. The van der Waals surface area contributed by atoms with E-state index in [0.29, 0.717) is 30.3 Å². The Morgan fingerprint density at radius 2 is 1.86 bits per heavy atom. The molecule has 1 N–H and O–H groups in total. The Hall–Kier alpha value is -1.60. The standard InChI is InChI=1S/C26H42IN5O4Si/c1-25(2,3)36-24(34)29-26(4)13-17-9-10-18(14-26)32(17)23-28-21-20(22(33)30(23)5)19(27)15-31(21)16-35-11-12-37(6,7)8/h15,17-18H,9-14,16H2,1-8H3,(H,29,34). The van der Waals surface area contributed by atoms with E-state index in [1.807, 2.05) is 38.6 Å². The molecule has 4 heterocycles. The molecule has 0 saturated carbocycles. The summed E-state index contributed by atoms with van der Waals surface area (Å²) in [6.07, 6.45) is 5.14. The maximum Gasteiger partial charge on any atom is 0.408 e. The van der Waals surface area contributed by atoms with Gasteiger partial charge in [0.25, 0.3) is 5.56 Å². The van der Waals surface area contributed by atoms with Crippen molar-refractivity contribution in [1.29, 1.82) is 0 Å². The predicted octanol–water partition coefficient (Wildman–Crippen LogP) is 5.07. The minimum Gasteiger partial charge on any atom is -0.444 e. The third kappa shape index (κ3) is 6.35. The molecule has 2 aromatic rings. The van der Waals surface area contributed by atoms with Gasteiger partial charge in [-0.1, -0.05) is 19.6 Å². The van der Waals surface area contributed by atoms with Crippen LogP contribution in [-0.2, 0) is 23.3 Å². The Morgan fingerprint density at radius 1 is 1.24 bits per heavy atom. The van der Waals surface area contributed by atoms with Crippen LogP contribution in [0.4, 0.5) is 10.7 Å². The summed E-state index contributed by atoms with van der Waals surface area (Å²) in [5.41, 5.74) is -0.268. The first-order valence-corrected chi connectivity index (χ1v) is 18.0. The molecule has 0 aliphatic carbocycles. The molecule has 37 heavy (non-hydrogen) atoms. The molecule has 2 saturated heterocycles. The maximum absolute atomic E-state index is 13.5. The molecule has 1 amide bonds. The molecule has 2 aliphatic rings. The quantitative estimate of drug-likeness (QED) is 0.258. The Labute approximate surface area is 234 Å². The van der Waals surface area contributed by atoms with Crippen LogP contribution < -0.4 is 15.8 Å². The van der Waals surface area contributed by atoms with Gasteiger partial charge in [-0.25, -0.2) is 4.79 Å². The number of amides is 1. The van der Waals surface area contributed by atoms with Crippen molar-refractivity contribution in [1.82, 2.24) is 19.4 Å². The molecule has 0 radical (unpaired) electrons. The number of halogens is 1. The molecule has 0 aromatic carbocycles. The summed E-state index contributed by atoms with van der Waals surface area (Å²) in [6, 6.07) is 1.46. The zero-order chi connectivity index (χ0) is 27.3. The second kappa shape index (κ2) is 10.2. The van der Waals surface area contributed by atoms with Crippen LogP contribution in [0.5, 0.6) is 0 Å². The molecule has 2 aliphatic heterocycles. The first-order chi connectivity index (χ1) is 17.1. The smallest absolute Gasteiger partial charge is 0.408 e. The van der Waals surface area contributed by atoms with E-state index in [-0.39, 0.29) is 29.3 Å². The highest BCUT2D eigenvalue weighted by Crippen LogP contribution is 2.43. The molecule has 2 bridgehead atoms. The van der Waals surface area contributed by atoms with Gasteiger partial charge in [-0.15, -0.1) is 0 Å². The molecule has 0 spiro atoms. The molecule has 9 nitrogen and oxygen atoms in total. The number of hydrogen-bond donors (Lipinski definition) is 1. The van der Waals surface area contributed by atoms with Gasteiger partial charge in [0, 0.05) is 49.1 Å². The summed E-state index contributed by atoms with van der Waals surface area (Å²) < 4.78 is 16.1. The van der Waals surface area contributed by atoms with Gasteiger partial charge in [0.1, 0.15) is 12.3 Å². The Morgan fingerprint density at radius 3 is 2.43 bits per heavy atom. The minimum absolute atomic E-state index is 0.0372. The molecular weight excluding hydrogens is 601 g/mol. The fraction of sp³-hybridized carbons (Fsp3) is 0.731. The predicted molar refractivity (Wildman–Crippen MR) is 158 cm³/mol. The molecule has 206 valence electrons. The van der Waals surface area contributed by atoms with E-state index in [4.69, 9.17) is 14.5 Å². The van der Waals surface area contributed by atoms with Gasteiger partial charge in [-0.05, 0) is 82.0 Å². The van der Waals surface area contributed by atoms with Crippen LogP contribution in [0, 0.1) is 3.57 Å². The van der Waals surface area contributed by atoms with E-state index in [1.54, 1.807) is 4.57 Å². The number of carbonyl (C=O) groups excluding carboxylic acids is 1. The average molecular weight is 644 g/mol. The van der Waals surface area contributed by atoms with E-state index in [0.717, 1.165) is 35.3 Å². The Kier molecular flexibility index (Phi) is 7.81. The van der Waals surface area contributed by atoms with Gasteiger partial charge in [-0.2, -0.15) is 4.98 Å². The average Bonchev–Trinajstić information content (AvgIpc) is 3.19. The molecule has 4 rings (SSSR count). The zero-order valence-electron chi connectivity index (χ0n) is 23.5. The van der Waals surface area contributed by atoms with Crippen LogP contribution in [0.25, 0.3) is 11.0 Å². The second-order valence-electron chi connectivity index (χ2n) is 13.2. The number of carbonyl (C=O) groups is 1. The molecule has 2 fully saturated rings. The van der Waals surface area contributed by atoms with Gasteiger partial charge in [0.05, 0.1) is 5.39 Å². The van der Waals surface area contributed by atoms with Crippen LogP contribution in [0.3, 0.4) is 0 Å². The van der Waals surface area contributed by atoms with Crippen molar-refractivity contribution in [3.63, 3.8) is 0 Å². The van der Waals surface area contributed by atoms with Gasteiger partial charge >= 0.3 is 6.09 Å². The van der Waals surface area contributed by atoms with Crippen LogP contribution >= 0.6 is 22.6 Å². The third-order valence-electron chi connectivity index (χ3n) is 7.28. The number of aromatic nitrogens is 3. The monoisotopic (exact) mass is 643 g/mol. The van der Waals surface area contributed by atoms with Crippen molar-refractivity contribution in [2.75, 3.05) is 11.5 Å². The molecule has 11 heteroatoms.